The van der Waals surface area contributed by atoms with Crippen LogP contribution in [0, 0.1) is 0 Å². The van der Waals surface area contributed by atoms with E-state index in [-0.39, 0.29) is 11.4 Å². The van der Waals surface area contributed by atoms with Crippen LogP contribution in [0.5, 0.6) is 0 Å². The summed E-state index contributed by atoms with van der Waals surface area (Å²) in [4.78, 5) is 26.1. The lowest BCUT2D eigenvalue weighted by Gasteiger charge is -2.18. The lowest BCUT2D eigenvalue weighted by atomic mass is 10.1. The van der Waals surface area contributed by atoms with Crippen LogP contribution in [0.1, 0.15) is 20.8 Å². The van der Waals surface area contributed by atoms with Gasteiger partial charge >= 0.3 is 6.09 Å². The Kier molecular flexibility index (Phi) is 4.30. The molecule has 9 heteroatoms. The van der Waals surface area contributed by atoms with E-state index in [0.717, 1.165) is 4.68 Å². The van der Waals surface area contributed by atoms with E-state index in [4.69, 9.17) is 10.5 Å². The Morgan fingerprint density at radius 2 is 2.13 bits per heavy atom. The number of rotatable bonds is 2. The second kappa shape index (κ2) is 6.03. The van der Waals surface area contributed by atoms with Gasteiger partial charge in [-0.1, -0.05) is 0 Å². The van der Waals surface area contributed by atoms with E-state index in [0.29, 0.717) is 11.1 Å². The van der Waals surface area contributed by atoms with Gasteiger partial charge in [0.1, 0.15) is 17.0 Å². The van der Waals surface area contributed by atoms with Crippen molar-refractivity contribution in [3.8, 4) is 11.1 Å². The van der Waals surface area contributed by atoms with E-state index in [1.54, 1.807) is 20.8 Å². The minimum atomic E-state index is -0.632. The average molecular weight is 318 g/mol. The molecule has 0 radical (unpaired) electrons. The summed E-state index contributed by atoms with van der Waals surface area (Å²) in [6.45, 7) is 5.28. The van der Waals surface area contributed by atoms with Gasteiger partial charge in [0, 0.05) is 30.6 Å². The fourth-order valence-electron chi connectivity index (χ4n) is 1.83. The molecule has 2 heterocycles. The third-order valence-corrected chi connectivity index (χ3v) is 2.78. The number of pyridine rings is 1. The molecular formula is C14H18N6O3. The molecule has 0 amide bonds. The van der Waals surface area contributed by atoms with Gasteiger partial charge in [0.15, 0.2) is 0 Å². The Morgan fingerprint density at radius 3 is 2.74 bits per heavy atom. The molecule has 0 aliphatic carbocycles. The molecule has 2 aromatic heterocycles. The lowest BCUT2D eigenvalue weighted by molar-refractivity contribution is 0.0514. The molecule has 0 aliphatic rings. The molecule has 0 atom stereocenters. The summed E-state index contributed by atoms with van der Waals surface area (Å²) in [6, 6.07) is 0. The third kappa shape index (κ3) is 3.62. The van der Waals surface area contributed by atoms with Gasteiger partial charge in [0.05, 0.1) is 6.20 Å². The first-order valence-electron chi connectivity index (χ1n) is 6.82. The first-order chi connectivity index (χ1) is 10.7. The van der Waals surface area contributed by atoms with Crippen LogP contribution in [0.25, 0.3) is 11.1 Å². The predicted octanol–water partition coefficient (Wildman–Crippen LogP) is 2.32. The highest BCUT2D eigenvalue weighted by Gasteiger charge is 2.20. The van der Waals surface area contributed by atoms with Crippen LogP contribution in [-0.4, -0.2) is 33.5 Å². The van der Waals surface area contributed by atoms with Gasteiger partial charge in [-0.15, -0.1) is 0 Å². The maximum atomic E-state index is 12.0. The first kappa shape index (κ1) is 16.4. The molecule has 0 fully saturated rings. The Labute approximate surface area is 132 Å². The third-order valence-electron chi connectivity index (χ3n) is 2.78. The summed E-state index contributed by atoms with van der Waals surface area (Å²) in [6.07, 6.45) is 3.75. The fourth-order valence-corrected chi connectivity index (χ4v) is 1.83. The normalized spacial score (nSPS) is 11.8. The largest absolute Gasteiger partial charge is 0.442 e. The zero-order chi connectivity index (χ0) is 17.2. The van der Waals surface area contributed by atoms with Gasteiger partial charge in [-0.05, 0) is 20.8 Å². The quantitative estimate of drug-likeness (QED) is 0.821. The van der Waals surface area contributed by atoms with Gasteiger partial charge in [-0.2, -0.15) is 20.0 Å². The Bertz CT molecular complexity index is 813. The van der Waals surface area contributed by atoms with Gasteiger partial charge < -0.3 is 15.5 Å². The second-order valence-corrected chi connectivity index (χ2v) is 5.75. The number of aromatic amines is 1. The smallest absolute Gasteiger partial charge is 0.435 e. The van der Waals surface area contributed by atoms with E-state index >= 15 is 0 Å². The van der Waals surface area contributed by atoms with Crippen LogP contribution in [-0.2, 0) is 4.74 Å². The van der Waals surface area contributed by atoms with Gasteiger partial charge in [0.2, 0.25) is 0 Å². The van der Waals surface area contributed by atoms with Crippen molar-refractivity contribution in [2.24, 2.45) is 10.2 Å². The number of ether oxygens (including phenoxy) is 1. The number of hydrogen-bond donors (Lipinski definition) is 2. The van der Waals surface area contributed by atoms with Crippen molar-refractivity contribution in [1.29, 1.82) is 0 Å². The highest BCUT2D eigenvalue weighted by molar-refractivity contribution is 5.83. The summed E-state index contributed by atoms with van der Waals surface area (Å²) in [5, 5.41) is 11.5. The molecule has 0 aromatic carbocycles. The number of carbonyl (C=O) groups excluding carboxylic acids is 1. The Hall–Kier alpha value is -2.97. The number of H-pyrrole nitrogens is 1. The van der Waals surface area contributed by atoms with E-state index in [2.05, 4.69) is 20.3 Å². The van der Waals surface area contributed by atoms with Gasteiger partial charge in [-0.3, -0.25) is 4.79 Å². The number of azo groups is 1. The van der Waals surface area contributed by atoms with Crippen molar-refractivity contribution in [2.45, 2.75) is 26.4 Å². The number of nitrogens with two attached hydrogens (primary N) is 1. The summed E-state index contributed by atoms with van der Waals surface area (Å²) in [5.74, 6) is 0. The van der Waals surface area contributed by atoms with Crippen molar-refractivity contribution < 1.29 is 9.53 Å². The molecule has 2 rings (SSSR count). The number of anilines is 1. The van der Waals surface area contributed by atoms with Gasteiger partial charge in [0.25, 0.3) is 5.56 Å². The summed E-state index contributed by atoms with van der Waals surface area (Å²) < 4.78 is 6.29. The molecule has 2 aromatic rings. The summed E-state index contributed by atoms with van der Waals surface area (Å²) >= 11 is 0. The second-order valence-electron chi connectivity index (χ2n) is 5.75. The molecule has 3 N–H and O–H groups in total. The number of nitrogens with one attached hydrogen (secondary N) is 1. The molecule has 0 bridgehead atoms. The summed E-state index contributed by atoms with van der Waals surface area (Å²) in [5.41, 5.74) is 5.86. The molecule has 9 nitrogen and oxygen atoms in total. The van der Waals surface area contributed by atoms with Crippen LogP contribution >= 0.6 is 0 Å². The molecule has 122 valence electrons. The molecule has 0 unspecified atom stereocenters. The first-order valence-corrected chi connectivity index (χ1v) is 6.82. The van der Waals surface area contributed by atoms with Crippen LogP contribution in [0.2, 0.25) is 0 Å². The van der Waals surface area contributed by atoms with Crippen molar-refractivity contribution in [2.75, 3.05) is 12.8 Å². The fraction of sp³-hybridized carbons (Fsp3) is 0.357. The van der Waals surface area contributed by atoms with Gasteiger partial charge in [-0.25, -0.2) is 4.79 Å². The maximum absolute atomic E-state index is 12.0. The minimum Gasteiger partial charge on any atom is -0.442 e. The molecule has 0 saturated heterocycles. The standard InChI is InChI=1S/C14H18N6O3/c1-14(2,3)23-13(22)20-7-8(5-18-20)9-6-17-12(21)10(15)11(9)19-16-4/h5-7H,15H2,1-4H3,(H,17,21). The predicted molar refractivity (Wildman–Crippen MR) is 84.8 cm³/mol. The SMILES string of the molecule is CN=Nc1c(-c2cnn(C(=O)OC(C)(C)C)c2)c[nH]c(=O)c1N. The van der Waals surface area contributed by atoms with Crippen molar-refractivity contribution in [3.63, 3.8) is 0 Å². The Balaban J connectivity index is 2.44. The minimum absolute atomic E-state index is 0.0573. The van der Waals surface area contributed by atoms with E-state index in [1.165, 1.54) is 25.6 Å². The molecule has 0 aliphatic heterocycles. The van der Waals surface area contributed by atoms with Crippen molar-refractivity contribution in [3.05, 3.63) is 28.9 Å². The zero-order valence-corrected chi connectivity index (χ0v) is 13.3. The molecule has 0 spiro atoms. The van der Waals surface area contributed by atoms with E-state index in [1.807, 2.05) is 0 Å². The molecular weight excluding hydrogens is 300 g/mol. The topological polar surface area (TPSA) is 128 Å². The number of hydrogen-bond acceptors (Lipinski definition) is 7. The molecule has 0 saturated carbocycles. The van der Waals surface area contributed by atoms with Crippen molar-refractivity contribution in [1.82, 2.24) is 14.8 Å². The maximum Gasteiger partial charge on any atom is 0.435 e. The monoisotopic (exact) mass is 318 g/mol. The van der Waals surface area contributed by atoms with Crippen LogP contribution < -0.4 is 11.3 Å². The highest BCUT2D eigenvalue weighted by Crippen LogP contribution is 2.32. The van der Waals surface area contributed by atoms with Crippen LogP contribution in [0.15, 0.2) is 33.6 Å². The number of nitrogen functional groups attached to an aromatic ring is 1. The summed E-state index contributed by atoms with van der Waals surface area (Å²) in [7, 11) is 1.47. The van der Waals surface area contributed by atoms with Crippen molar-refractivity contribution >= 4 is 17.5 Å². The highest BCUT2D eigenvalue weighted by atomic mass is 16.6. The molecule has 23 heavy (non-hydrogen) atoms. The zero-order valence-electron chi connectivity index (χ0n) is 13.3. The van der Waals surface area contributed by atoms with E-state index < -0.39 is 17.3 Å². The lowest BCUT2D eigenvalue weighted by Crippen LogP contribution is -2.27. The van der Waals surface area contributed by atoms with Crippen LogP contribution in [0.4, 0.5) is 16.2 Å². The Morgan fingerprint density at radius 1 is 1.43 bits per heavy atom. The van der Waals surface area contributed by atoms with E-state index in [9.17, 15) is 9.59 Å². The number of nitrogens with zero attached hydrogens (tertiary/aromatic N) is 4. The van der Waals surface area contributed by atoms with Crippen LogP contribution in [0.3, 0.4) is 0 Å². The number of aromatic nitrogens is 3. The average Bonchev–Trinajstić information content (AvgIpc) is 2.92. The number of carbonyl (C=O) groups is 1.